The zero-order valence-corrected chi connectivity index (χ0v) is 18.5. The number of rotatable bonds is 6. The minimum absolute atomic E-state index is 0.148. The van der Waals surface area contributed by atoms with Gasteiger partial charge in [0.2, 0.25) is 0 Å². The Bertz CT molecular complexity index is 1330. The molecule has 32 heavy (non-hydrogen) atoms. The fourth-order valence-electron chi connectivity index (χ4n) is 3.65. The van der Waals surface area contributed by atoms with Gasteiger partial charge in [-0.3, -0.25) is 4.79 Å². The number of carbonyl (C=O) groups excluding carboxylic acids is 1. The molecule has 6 heteroatoms. The highest BCUT2D eigenvalue weighted by Crippen LogP contribution is 2.34. The first-order valence-corrected chi connectivity index (χ1v) is 10.8. The number of hydrogen-bond acceptors (Lipinski definition) is 3. The minimum atomic E-state index is -0.537. The van der Waals surface area contributed by atoms with Crippen molar-refractivity contribution in [2.24, 2.45) is 0 Å². The van der Waals surface area contributed by atoms with Crippen LogP contribution in [0.25, 0.3) is 27.3 Å². The summed E-state index contributed by atoms with van der Waals surface area (Å²) in [4.78, 5) is 13.2. The van der Waals surface area contributed by atoms with Crippen LogP contribution in [-0.4, -0.2) is 13.0 Å². The number of ether oxygens (including phenoxy) is 1. The summed E-state index contributed by atoms with van der Waals surface area (Å²) in [5.74, 6) is -0.816. The molecule has 0 atom stereocenters. The number of halogens is 2. The van der Waals surface area contributed by atoms with Crippen molar-refractivity contribution in [3.63, 3.8) is 0 Å². The van der Waals surface area contributed by atoms with Crippen LogP contribution in [0.15, 0.2) is 61.2 Å². The van der Waals surface area contributed by atoms with Gasteiger partial charge in [-0.25, -0.2) is 8.78 Å². The Labute approximate surface area is 189 Å². The van der Waals surface area contributed by atoms with E-state index in [9.17, 15) is 13.6 Å². The van der Waals surface area contributed by atoms with Crippen molar-refractivity contribution in [2.75, 3.05) is 7.11 Å². The normalized spacial score (nSPS) is 10.9. The quantitative estimate of drug-likeness (QED) is 0.354. The molecule has 0 aliphatic heterocycles. The van der Waals surface area contributed by atoms with Crippen LogP contribution in [-0.2, 0) is 6.54 Å². The van der Waals surface area contributed by atoms with Crippen LogP contribution < -0.4 is 10.1 Å². The van der Waals surface area contributed by atoms with E-state index in [1.165, 1.54) is 0 Å². The Morgan fingerprint density at radius 2 is 1.75 bits per heavy atom. The highest BCUT2D eigenvalue weighted by Gasteiger charge is 2.20. The number of carbonyl (C=O) groups is 1. The molecule has 1 N–H and O–H groups in total. The highest BCUT2D eigenvalue weighted by atomic mass is 32.1. The molecule has 1 amide bonds. The van der Waals surface area contributed by atoms with E-state index in [1.807, 2.05) is 42.5 Å². The number of hydrogen-bond donors (Lipinski definition) is 1. The average Bonchev–Trinajstić information content (AvgIpc) is 3.18. The van der Waals surface area contributed by atoms with Crippen LogP contribution >= 0.6 is 11.3 Å². The maximum Gasteiger partial charge on any atom is 0.261 e. The smallest absolute Gasteiger partial charge is 0.261 e. The van der Waals surface area contributed by atoms with Gasteiger partial charge in [0.25, 0.3) is 5.91 Å². The van der Waals surface area contributed by atoms with Crippen LogP contribution in [0.3, 0.4) is 0 Å². The number of thiophene rings is 1. The molecule has 0 radical (unpaired) electrons. The van der Waals surface area contributed by atoms with E-state index in [0.29, 0.717) is 16.2 Å². The van der Waals surface area contributed by atoms with Crippen LogP contribution in [0, 0.1) is 18.6 Å². The second kappa shape index (κ2) is 8.93. The molecule has 0 saturated heterocycles. The van der Waals surface area contributed by atoms with E-state index in [-0.39, 0.29) is 22.5 Å². The topological polar surface area (TPSA) is 38.3 Å². The van der Waals surface area contributed by atoms with Crippen LogP contribution in [0.2, 0.25) is 0 Å². The van der Waals surface area contributed by atoms with Gasteiger partial charge in [-0.1, -0.05) is 43.0 Å². The zero-order valence-electron chi connectivity index (χ0n) is 17.7. The van der Waals surface area contributed by atoms with Gasteiger partial charge in [0, 0.05) is 17.5 Å². The third kappa shape index (κ3) is 4.01. The SMILES string of the molecule is C=Cc1ccc(-c2ccc(OC)c(CNC(=O)c3sc4c(F)ccc(F)c4c3C)c2)cc1. The lowest BCUT2D eigenvalue weighted by atomic mass is 10.0. The minimum Gasteiger partial charge on any atom is -0.496 e. The van der Waals surface area contributed by atoms with Crippen molar-refractivity contribution < 1.29 is 18.3 Å². The molecule has 0 aliphatic rings. The molecule has 162 valence electrons. The molecule has 0 spiro atoms. The molecule has 0 saturated carbocycles. The molecule has 4 aromatic rings. The van der Waals surface area contributed by atoms with E-state index < -0.39 is 11.6 Å². The van der Waals surface area contributed by atoms with Crippen molar-refractivity contribution in [3.05, 3.63) is 94.4 Å². The molecule has 0 unspecified atom stereocenters. The summed E-state index contributed by atoms with van der Waals surface area (Å²) in [6, 6.07) is 15.9. The highest BCUT2D eigenvalue weighted by molar-refractivity contribution is 7.21. The van der Waals surface area contributed by atoms with E-state index in [2.05, 4.69) is 11.9 Å². The summed E-state index contributed by atoms with van der Waals surface area (Å²) in [5, 5.41) is 3.02. The van der Waals surface area contributed by atoms with Gasteiger partial charge in [-0.05, 0) is 53.4 Å². The lowest BCUT2D eigenvalue weighted by molar-refractivity contribution is 0.0954. The summed E-state index contributed by atoms with van der Waals surface area (Å²) < 4.78 is 33.9. The number of fused-ring (bicyclic) bond motifs is 1. The van der Waals surface area contributed by atoms with Crippen LogP contribution in [0.5, 0.6) is 5.75 Å². The molecular weight excluding hydrogens is 428 g/mol. The van der Waals surface area contributed by atoms with Crippen molar-refractivity contribution in [1.29, 1.82) is 0 Å². The number of nitrogens with one attached hydrogen (secondary N) is 1. The number of amides is 1. The van der Waals surface area contributed by atoms with Crippen molar-refractivity contribution in [2.45, 2.75) is 13.5 Å². The van der Waals surface area contributed by atoms with Crippen LogP contribution in [0.4, 0.5) is 8.78 Å². The predicted molar refractivity (Wildman–Crippen MR) is 126 cm³/mol. The summed E-state index contributed by atoms with van der Waals surface area (Å²) >= 11 is 0.955. The largest absolute Gasteiger partial charge is 0.496 e. The van der Waals surface area contributed by atoms with Crippen molar-refractivity contribution >= 4 is 33.4 Å². The number of aryl methyl sites for hydroxylation is 1. The van der Waals surface area contributed by atoms with Crippen LogP contribution in [0.1, 0.15) is 26.4 Å². The first-order valence-electron chi connectivity index (χ1n) is 9.98. The van der Waals surface area contributed by atoms with Gasteiger partial charge in [0.15, 0.2) is 0 Å². The fourth-order valence-corrected chi connectivity index (χ4v) is 4.80. The maximum absolute atomic E-state index is 14.2. The summed E-state index contributed by atoms with van der Waals surface area (Å²) in [6.07, 6.45) is 1.78. The summed E-state index contributed by atoms with van der Waals surface area (Å²) in [5.41, 5.74) is 4.26. The third-order valence-electron chi connectivity index (χ3n) is 5.38. The third-order valence-corrected chi connectivity index (χ3v) is 6.68. The Balaban J connectivity index is 1.60. The number of benzene rings is 3. The number of methoxy groups -OCH3 is 1. The Morgan fingerprint density at radius 3 is 2.41 bits per heavy atom. The predicted octanol–water partition coefficient (Wildman–Crippen LogP) is 6.74. The van der Waals surface area contributed by atoms with Gasteiger partial charge in [-0.15, -0.1) is 11.3 Å². The molecule has 0 aliphatic carbocycles. The summed E-state index contributed by atoms with van der Waals surface area (Å²) in [6.45, 7) is 5.60. The van der Waals surface area contributed by atoms with Crippen molar-refractivity contribution in [3.8, 4) is 16.9 Å². The van der Waals surface area contributed by atoms with Gasteiger partial charge in [-0.2, -0.15) is 0 Å². The van der Waals surface area contributed by atoms with Gasteiger partial charge >= 0.3 is 0 Å². The first kappa shape index (κ1) is 21.7. The molecular formula is C26H21F2NO2S. The molecule has 4 rings (SSSR count). The second-order valence-corrected chi connectivity index (χ2v) is 8.35. The zero-order chi connectivity index (χ0) is 22.8. The molecule has 1 heterocycles. The van der Waals surface area contributed by atoms with E-state index in [0.717, 1.165) is 45.7 Å². The van der Waals surface area contributed by atoms with Gasteiger partial charge < -0.3 is 10.1 Å². The lowest BCUT2D eigenvalue weighted by Crippen LogP contribution is -2.22. The van der Waals surface area contributed by atoms with E-state index >= 15 is 0 Å². The van der Waals surface area contributed by atoms with E-state index in [1.54, 1.807) is 20.1 Å². The molecule has 1 aromatic heterocycles. The molecule has 0 bridgehead atoms. The summed E-state index contributed by atoms with van der Waals surface area (Å²) in [7, 11) is 1.57. The lowest BCUT2D eigenvalue weighted by Gasteiger charge is -2.12. The monoisotopic (exact) mass is 449 g/mol. The van der Waals surface area contributed by atoms with Gasteiger partial charge in [0.05, 0.1) is 16.7 Å². The second-order valence-electron chi connectivity index (χ2n) is 7.32. The standard InChI is InChI=1S/C26H21F2NO2S/c1-4-16-5-7-17(8-6-16)18-9-12-22(31-3)19(13-18)14-29-26(30)24-15(2)23-20(27)10-11-21(28)25(23)32-24/h4-13H,1,14H2,2-3H3,(H,29,30). The first-order chi connectivity index (χ1) is 15.4. The average molecular weight is 450 g/mol. The Kier molecular flexibility index (Phi) is 6.06. The molecule has 0 fully saturated rings. The maximum atomic E-state index is 14.2. The van der Waals surface area contributed by atoms with Crippen molar-refractivity contribution in [1.82, 2.24) is 5.32 Å². The molecule has 3 aromatic carbocycles. The van der Waals surface area contributed by atoms with E-state index in [4.69, 9.17) is 4.74 Å². The van der Waals surface area contributed by atoms with Gasteiger partial charge in [0.1, 0.15) is 17.4 Å². The Morgan fingerprint density at radius 1 is 1.06 bits per heavy atom. The molecule has 3 nitrogen and oxygen atoms in total. The fraction of sp³-hybridized carbons (Fsp3) is 0.115. The Hall–Kier alpha value is -3.51.